The molecule has 2 rings (SSSR count). The normalized spacial score (nSPS) is 10.1. The summed E-state index contributed by atoms with van der Waals surface area (Å²) < 4.78 is 11.2. The molecular weight excluding hydrogens is 286 g/mol. The average Bonchev–Trinajstić information content (AvgIpc) is 2.56. The third kappa shape index (κ3) is 3.50. The van der Waals surface area contributed by atoms with Crippen molar-refractivity contribution in [3.05, 3.63) is 42.1 Å². The van der Waals surface area contributed by atoms with Crippen molar-refractivity contribution in [2.45, 2.75) is 6.92 Å². The van der Waals surface area contributed by atoms with E-state index in [-0.39, 0.29) is 17.4 Å². The first kappa shape index (κ1) is 15.7. The molecule has 7 nitrogen and oxygen atoms in total. The van der Waals surface area contributed by atoms with E-state index in [4.69, 9.17) is 14.3 Å². The van der Waals surface area contributed by atoms with Crippen LogP contribution in [0.1, 0.15) is 17.3 Å². The summed E-state index contributed by atoms with van der Waals surface area (Å²) in [6.45, 7) is 2.38. The standard InChI is InChI=1S/C15H17N3O4/c1-4-21-12-7-5-6-8-13(12)22-14-11(9-10-16-17-14)15(19)18(2)20-3/h5-10H,4H2,1-3H3. The highest BCUT2D eigenvalue weighted by Gasteiger charge is 2.19. The highest BCUT2D eigenvalue weighted by Crippen LogP contribution is 2.31. The Labute approximate surface area is 128 Å². The predicted octanol–water partition coefficient (Wildman–Crippen LogP) is 2.30. The van der Waals surface area contributed by atoms with Gasteiger partial charge in [-0.05, 0) is 25.1 Å². The van der Waals surface area contributed by atoms with Crippen LogP contribution in [0.2, 0.25) is 0 Å². The Bertz CT molecular complexity index is 648. The predicted molar refractivity (Wildman–Crippen MR) is 78.8 cm³/mol. The molecule has 1 heterocycles. The van der Waals surface area contributed by atoms with Crippen molar-refractivity contribution in [1.82, 2.24) is 15.3 Å². The third-order valence-corrected chi connectivity index (χ3v) is 2.83. The summed E-state index contributed by atoms with van der Waals surface area (Å²) in [7, 11) is 2.90. The van der Waals surface area contributed by atoms with Gasteiger partial charge in [-0.25, -0.2) is 5.06 Å². The van der Waals surface area contributed by atoms with Crippen molar-refractivity contribution in [2.75, 3.05) is 20.8 Å². The zero-order valence-corrected chi connectivity index (χ0v) is 12.6. The van der Waals surface area contributed by atoms with E-state index in [0.717, 1.165) is 5.06 Å². The number of hydroxylamine groups is 2. The smallest absolute Gasteiger partial charge is 0.282 e. The molecular formula is C15H17N3O4. The van der Waals surface area contributed by atoms with Gasteiger partial charge in [0.25, 0.3) is 11.8 Å². The number of ether oxygens (including phenoxy) is 2. The Kier molecular flexibility index (Phi) is 5.26. The SMILES string of the molecule is CCOc1ccccc1Oc1nnccc1C(=O)N(C)OC. The first-order chi connectivity index (χ1) is 10.7. The number of aromatic nitrogens is 2. The first-order valence-electron chi connectivity index (χ1n) is 6.71. The molecule has 0 fully saturated rings. The van der Waals surface area contributed by atoms with Crippen molar-refractivity contribution in [1.29, 1.82) is 0 Å². The fourth-order valence-corrected chi connectivity index (χ4v) is 1.72. The van der Waals surface area contributed by atoms with E-state index in [9.17, 15) is 4.79 Å². The Balaban J connectivity index is 2.33. The van der Waals surface area contributed by atoms with Crippen LogP contribution < -0.4 is 9.47 Å². The molecule has 22 heavy (non-hydrogen) atoms. The largest absolute Gasteiger partial charge is 0.490 e. The van der Waals surface area contributed by atoms with Gasteiger partial charge < -0.3 is 9.47 Å². The van der Waals surface area contributed by atoms with E-state index in [2.05, 4.69) is 10.2 Å². The van der Waals surface area contributed by atoms with Crippen LogP contribution in [0.5, 0.6) is 17.4 Å². The van der Waals surface area contributed by atoms with Gasteiger partial charge in [-0.3, -0.25) is 9.63 Å². The Morgan fingerprint density at radius 3 is 2.64 bits per heavy atom. The van der Waals surface area contributed by atoms with E-state index >= 15 is 0 Å². The summed E-state index contributed by atoms with van der Waals surface area (Å²) in [5, 5.41) is 8.72. The molecule has 0 saturated heterocycles. The number of carbonyl (C=O) groups is 1. The minimum Gasteiger partial charge on any atom is -0.490 e. The van der Waals surface area contributed by atoms with Crippen molar-refractivity contribution in [2.24, 2.45) is 0 Å². The summed E-state index contributed by atoms with van der Waals surface area (Å²) in [4.78, 5) is 17.1. The molecule has 0 atom stereocenters. The second kappa shape index (κ2) is 7.37. The van der Waals surface area contributed by atoms with Gasteiger partial charge in [0.2, 0.25) is 0 Å². The molecule has 2 aromatic rings. The van der Waals surface area contributed by atoms with Crippen LogP contribution in [-0.4, -0.2) is 41.9 Å². The maximum absolute atomic E-state index is 12.2. The molecule has 0 saturated carbocycles. The van der Waals surface area contributed by atoms with Crippen LogP contribution in [0.4, 0.5) is 0 Å². The van der Waals surface area contributed by atoms with Crippen molar-refractivity contribution in [3.8, 4) is 17.4 Å². The number of benzene rings is 1. The van der Waals surface area contributed by atoms with E-state index in [1.54, 1.807) is 18.2 Å². The number of para-hydroxylation sites is 2. The molecule has 0 unspecified atom stereocenters. The molecule has 0 aliphatic carbocycles. The quantitative estimate of drug-likeness (QED) is 0.762. The van der Waals surface area contributed by atoms with Gasteiger partial charge >= 0.3 is 0 Å². The topological polar surface area (TPSA) is 73.8 Å². The van der Waals surface area contributed by atoms with E-state index < -0.39 is 0 Å². The van der Waals surface area contributed by atoms with Gasteiger partial charge in [-0.1, -0.05) is 12.1 Å². The zero-order valence-electron chi connectivity index (χ0n) is 12.6. The Morgan fingerprint density at radius 2 is 1.95 bits per heavy atom. The van der Waals surface area contributed by atoms with E-state index in [1.165, 1.54) is 26.4 Å². The van der Waals surface area contributed by atoms with E-state index in [0.29, 0.717) is 18.1 Å². The molecule has 7 heteroatoms. The lowest BCUT2D eigenvalue weighted by molar-refractivity contribution is -0.0758. The summed E-state index contributed by atoms with van der Waals surface area (Å²) in [6.07, 6.45) is 1.41. The van der Waals surface area contributed by atoms with Crippen molar-refractivity contribution >= 4 is 5.91 Å². The van der Waals surface area contributed by atoms with Crippen LogP contribution >= 0.6 is 0 Å². The van der Waals surface area contributed by atoms with Crippen molar-refractivity contribution in [3.63, 3.8) is 0 Å². The molecule has 1 aromatic carbocycles. The number of amides is 1. The molecule has 0 aliphatic heterocycles. The summed E-state index contributed by atoms with van der Waals surface area (Å²) in [5.41, 5.74) is 0.241. The third-order valence-electron chi connectivity index (χ3n) is 2.83. The molecule has 0 radical (unpaired) electrons. The first-order valence-corrected chi connectivity index (χ1v) is 6.71. The second-order valence-electron chi connectivity index (χ2n) is 4.22. The van der Waals surface area contributed by atoms with Crippen LogP contribution in [0.25, 0.3) is 0 Å². The van der Waals surface area contributed by atoms with Gasteiger partial charge in [0.1, 0.15) is 5.56 Å². The summed E-state index contributed by atoms with van der Waals surface area (Å²) in [5.74, 6) is 0.720. The summed E-state index contributed by atoms with van der Waals surface area (Å²) in [6, 6.07) is 8.66. The maximum atomic E-state index is 12.2. The number of rotatable bonds is 6. The van der Waals surface area contributed by atoms with Gasteiger partial charge in [0.05, 0.1) is 19.9 Å². The molecule has 1 aromatic heterocycles. The lowest BCUT2D eigenvalue weighted by Gasteiger charge is -2.16. The highest BCUT2D eigenvalue weighted by atomic mass is 16.7. The molecule has 0 aliphatic rings. The highest BCUT2D eigenvalue weighted by molar-refractivity contribution is 5.95. The van der Waals surface area contributed by atoms with Crippen LogP contribution in [0.15, 0.2) is 36.5 Å². The number of hydrogen-bond donors (Lipinski definition) is 0. The zero-order chi connectivity index (χ0) is 15.9. The second-order valence-corrected chi connectivity index (χ2v) is 4.22. The molecule has 0 bridgehead atoms. The molecule has 116 valence electrons. The van der Waals surface area contributed by atoms with Gasteiger partial charge in [-0.2, -0.15) is 5.10 Å². The van der Waals surface area contributed by atoms with Gasteiger partial charge in [0, 0.05) is 7.05 Å². The lowest BCUT2D eigenvalue weighted by Crippen LogP contribution is -2.26. The Morgan fingerprint density at radius 1 is 1.23 bits per heavy atom. The number of hydrogen-bond acceptors (Lipinski definition) is 6. The van der Waals surface area contributed by atoms with Gasteiger partial charge in [0.15, 0.2) is 11.5 Å². The van der Waals surface area contributed by atoms with E-state index in [1.807, 2.05) is 13.0 Å². The fourth-order valence-electron chi connectivity index (χ4n) is 1.72. The lowest BCUT2D eigenvalue weighted by atomic mass is 10.2. The molecule has 1 amide bonds. The van der Waals surface area contributed by atoms with Gasteiger partial charge in [-0.15, -0.1) is 5.10 Å². The fraction of sp³-hybridized carbons (Fsp3) is 0.267. The molecule has 0 N–H and O–H groups in total. The number of nitrogens with zero attached hydrogens (tertiary/aromatic N) is 3. The Hall–Kier alpha value is -2.67. The van der Waals surface area contributed by atoms with Crippen LogP contribution in [0, 0.1) is 0 Å². The average molecular weight is 303 g/mol. The molecule has 0 spiro atoms. The minimum absolute atomic E-state index is 0.0866. The van der Waals surface area contributed by atoms with Crippen LogP contribution in [-0.2, 0) is 4.84 Å². The number of carbonyl (C=O) groups excluding carboxylic acids is 1. The van der Waals surface area contributed by atoms with Crippen molar-refractivity contribution < 1.29 is 19.1 Å². The maximum Gasteiger partial charge on any atom is 0.282 e. The monoisotopic (exact) mass is 303 g/mol. The summed E-state index contributed by atoms with van der Waals surface area (Å²) >= 11 is 0. The minimum atomic E-state index is -0.388. The van der Waals surface area contributed by atoms with Crippen LogP contribution in [0.3, 0.4) is 0 Å².